The van der Waals surface area contributed by atoms with Gasteiger partial charge in [0.1, 0.15) is 11.1 Å². The third kappa shape index (κ3) is 5.71. The Morgan fingerprint density at radius 3 is 2.36 bits per heavy atom. The van der Waals surface area contributed by atoms with Gasteiger partial charge in [0.05, 0.1) is 27.0 Å². The number of thiazole rings is 1. The SMILES string of the molecule is CC(=O)[C@@H](OC(C)(C)C)c1c(C)cc2nc(-c3ccnc(-c4ccc5ccc(=O)n(C)c5c4)c3)sc2c1-c1ccc(Cl)cc1. The van der Waals surface area contributed by atoms with Crippen molar-refractivity contribution in [3.05, 3.63) is 105 Å². The summed E-state index contributed by atoms with van der Waals surface area (Å²) in [5, 5.41) is 2.45. The van der Waals surface area contributed by atoms with Gasteiger partial charge in [-0.3, -0.25) is 14.6 Å². The van der Waals surface area contributed by atoms with Crippen LogP contribution in [0.4, 0.5) is 0 Å². The highest BCUT2D eigenvalue weighted by atomic mass is 35.5. The van der Waals surface area contributed by atoms with E-state index in [4.69, 9.17) is 21.3 Å². The van der Waals surface area contributed by atoms with E-state index in [1.807, 2.05) is 94.4 Å². The number of ketones is 1. The van der Waals surface area contributed by atoms with E-state index in [0.29, 0.717) is 5.02 Å². The molecule has 0 amide bonds. The maximum atomic E-state index is 13.1. The average Bonchev–Trinajstić information content (AvgIpc) is 3.41. The third-order valence-corrected chi connectivity index (χ3v) is 8.98. The van der Waals surface area contributed by atoms with Crippen LogP contribution in [0.2, 0.25) is 5.02 Å². The number of carbonyl (C=O) groups excluding carboxylic acids is 1. The second-order valence-electron chi connectivity index (χ2n) is 12.0. The quantitative estimate of drug-likeness (QED) is 0.186. The summed E-state index contributed by atoms with van der Waals surface area (Å²) in [6, 6.07) is 23.1. The van der Waals surface area contributed by atoms with Gasteiger partial charge >= 0.3 is 0 Å². The lowest BCUT2D eigenvalue weighted by Gasteiger charge is -2.29. The number of pyridine rings is 2. The fraction of sp³-hybridized carbons (Fsp3) is 0.222. The van der Waals surface area contributed by atoms with Gasteiger partial charge in [-0.1, -0.05) is 35.9 Å². The van der Waals surface area contributed by atoms with E-state index in [2.05, 4.69) is 4.98 Å². The van der Waals surface area contributed by atoms with Crippen molar-refractivity contribution in [2.24, 2.45) is 7.05 Å². The molecule has 8 heteroatoms. The zero-order chi connectivity index (χ0) is 31.3. The molecular weight excluding hydrogens is 590 g/mol. The first kappa shape index (κ1) is 29.9. The minimum atomic E-state index is -0.743. The molecule has 3 heterocycles. The van der Waals surface area contributed by atoms with Crippen LogP contribution in [0.1, 0.15) is 44.9 Å². The highest BCUT2D eigenvalue weighted by molar-refractivity contribution is 7.22. The molecule has 6 nitrogen and oxygen atoms in total. The van der Waals surface area contributed by atoms with Gasteiger partial charge in [0.2, 0.25) is 0 Å². The predicted molar refractivity (Wildman–Crippen MR) is 180 cm³/mol. The maximum Gasteiger partial charge on any atom is 0.250 e. The summed E-state index contributed by atoms with van der Waals surface area (Å²) >= 11 is 7.85. The van der Waals surface area contributed by atoms with Gasteiger partial charge in [0, 0.05) is 46.6 Å². The Bertz CT molecular complexity index is 2120. The van der Waals surface area contributed by atoms with Gasteiger partial charge in [0.15, 0.2) is 5.78 Å². The van der Waals surface area contributed by atoms with Crippen molar-refractivity contribution in [1.82, 2.24) is 14.5 Å². The van der Waals surface area contributed by atoms with Gasteiger partial charge in [0.25, 0.3) is 5.56 Å². The van der Waals surface area contributed by atoms with Gasteiger partial charge in [-0.2, -0.15) is 0 Å². The van der Waals surface area contributed by atoms with E-state index < -0.39 is 11.7 Å². The van der Waals surface area contributed by atoms with E-state index in [1.165, 1.54) is 0 Å². The molecule has 0 unspecified atom stereocenters. The Morgan fingerprint density at radius 1 is 0.955 bits per heavy atom. The zero-order valence-electron chi connectivity index (χ0n) is 25.4. The molecule has 0 radical (unpaired) electrons. The summed E-state index contributed by atoms with van der Waals surface area (Å²) in [5.41, 5.74) is 7.35. The van der Waals surface area contributed by atoms with Crippen LogP contribution in [-0.2, 0) is 16.6 Å². The molecular formula is C36H32ClN3O3S. The fourth-order valence-corrected chi connectivity index (χ4v) is 6.77. The molecule has 3 aromatic carbocycles. The van der Waals surface area contributed by atoms with E-state index in [0.717, 1.165) is 65.2 Å². The Morgan fingerprint density at radius 2 is 1.66 bits per heavy atom. The summed E-state index contributed by atoms with van der Waals surface area (Å²) in [4.78, 5) is 35.1. The summed E-state index contributed by atoms with van der Waals surface area (Å²) in [6.45, 7) is 9.46. The number of Topliss-reactive ketones (excluding diaryl/α,β-unsaturated/α-hetero) is 1. The number of hydrogen-bond acceptors (Lipinski definition) is 6. The van der Waals surface area contributed by atoms with Gasteiger partial charge in [-0.05, 0) is 93.6 Å². The average molecular weight is 622 g/mol. The topological polar surface area (TPSA) is 74.1 Å². The Balaban J connectivity index is 1.53. The molecule has 6 aromatic rings. The molecule has 6 rings (SSSR count). The molecule has 0 bridgehead atoms. The van der Waals surface area contributed by atoms with E-state index in [9.17, 15) is 9.59 Å². The van der Waals surface area contributed by atoms with Crippen LogP contribution in [0.3, 0.4) is 0 Å². The lowest BCUT2D eigenvalue weighted by atomic mass is 9.90. The number of rotatable bonds is 6. The van der Waals surface area contributed by atoms with Gasteiger partial charge < -0.3 is 9.30 Å². The van der Waals surface area contributed by atoms with Crippen LogP contribution >= 0.6 is 22.9 Å². The first-order valence-corrected chi connectivity index (χ1v) is 15.5. The second kappa shape index (κ2) is 11.4. The van der Waals surface area contributed by atoms with E-state index in [-0.39, 0.29) is 11.3 Å². The number of nitrogens with zero attached hydrogens (tertiary/aromatic N) is 3. The first-order chi connectivity index (χ1) is 20.9. The van der Waals surface area contributed by atoms with E-state index >= 15 is 0 Å². The summed E-state index contributed by atoms with van der Waals surface area (Å²) in [6.07, 6.45) is 1.04. The van der Waals surface area contributed by atoms with Crippen molar-refractivity contribution in [3.8, 4) is 33.0 Å². The van der Waals surface area contributed by atoms with Crippen molar-refractivity contribution >= 4 is 49.8 Å². The molecule has 0 saturated carbocycles. The van der Waals surface area contributed by atoms with Crippen LogP contribution in [0.5, 0.6) is 0 Å². The Kier molecular flexibility index (Phi) is 7.74. The van der Waals surface area contributed by atoms with Crippen molar-refractivity contribution < 1.29 is 9.53 Å². The van der Waals surface area contributed by atoms with Gasteiger partial charge in [-0.15, -0.1) is 11.3 Å². The molecule has 0 fully saturated rings. The zero-order valence-corrected chi connectivity index (χ0v) is 27.0. The molecule has 0 spiro atoms. The van der Waals surface area contributed by atoms with Crippen LogP contribution in [0.25, 0.3) is 54.1 Å². The minimum Gasteiger partial charge on any atom is -0.360 e. The standard InChI is InChI=1S/C36H32ClN3O3S/c1-20-17-28-34(32(23-9-12-26(37)13-10-23)31(20)33(21(2)41)43-36(3,4)5)44-35(39-28)25-15-16-38-27(18-25)24-8-7-22-11-14-30(42)40(6)29(22)19-24/h7-19,33H,1-6H3/t33-/m1/s1. The van der Waals surface area contributed by atoms with E-state index in [1.54, 1.807) is 42.1 Å². The smallest absolute Gasteiger partial charge is 0.250 e. The molecule has 44 heavy (non-hydrogen) atoms. The number of carbonyl (C=O) groups is 1. The summed E-state index contributed by atoms with van der Waals surface area (Å²) in [5.74, 6) is -0.0611. The van der Waals surface area contributed by atoms with Crippen molar-refractivity contribution in [3.63, 3.8) is 0 Å². The molecule has 3 aromatic heterocycles. The number of aromatic nitrogens is 3. The maximum absolute atomic E-state index is 13.1. The highest BCUT2D eigenvalue weighted by Crippen LogP contribution is 2.44. The number of fused-ring (bicyclic) bond motifs is 2. The molecule has 222 valence electrons. The number of ether oxygens (including phenoxy) is 1. The Labute approximate surface area is 264 Å². The second-order valence-corrected chi connectivity index (χ2v) is 13.4. The molecule has 0 aliphatic heterocycles. The third-order valence-electron chi connectivity index (χ3n) is 7.59. The number of hydrogen-bond donors (Lipinski definition) is 0. The predicted octanol–water partition coefficient (Wildman–Crippen LogP) is 8.95. The van der Waals surface area contributed by atoms with Crippen molar-refractivity contribution in [2.45, 2.75) is 46.3 Å². The van der Waals surface area contributed by atoms with Crippen LogP contribution < -0.4 is 5.56 Å². The molecule has 0 saturated heterocycles. The normalized spacial score (nSPS) is 12.6. The summed E-state index contributed by atoms with van der Waals surface area (Å²) in [7, 11) is 1.77. The molecule has 0 aliphatic carbocycles. The lowest BCUT2D eigenvalue weighted by Crippen LogP contribution is -2.27. The van der Waals surface area contributed by atoms with Gasteiger partial charge in [-0.25, -0.2) is 4.98 Å². The molecule has 0 aliphatic rings. The van der Waals surface area contributed by atoms with Crippen LogP contribution in [0.15, 0.2) is 83.8 Å². The van der Waals surface area contributed by atoms with Crippen molar-refractivity contribution in [2.75, 3.05) is 0 Å². The molecule has 1 atom stereocenters. The number of halogens is 1. The molecule has 0 N–H and O–H groups in total. The first-order valence-electron chi connectivity index (χ1n) is 14.3. The van der Waals surface area contributed by atoms with Crippen LogP contribution in [0, 0.1) is 6.92 Å². The minimum absolute atomic E-state index is 0.0584. The lowest BCUT2D eigenvalue weighted by molar-refractivity contribution is -0.138. The highest BCUT2D eigenvalue weighted by Gasteiger charge is 2.30. The monoisotopic (exact) mass is 621 g/mol. The largest absolute Gasteiger partial charge is 0.360 e. The number of aryl methyl sites for hydroxylation is 2. The van der Waals surface area contributed by atoms with Crippen molar-refractivity contribution in [1.29, 1.82) is 0 Å². The van der Waals surface area contributed by atoms with Crippen LogP contribution in [-0.4, -0.2) is 25.9 Å². The Hall–Kier alpha value is -4.17. The summed E-state index contributed by atoms with van der Waals surface area (Å²) < 4.78 is 8.99. The number of benzene rings is 3. The fourth-order valence-electron chi connectivity index (χ4n) is 5.52.